The first-order valence-electron chi connectivity index (χ1n) is 7.65. The Balaban J connectivity index is 0.00000288. The standard InChI is InChI=1S/C17H21BrN2O3.ClH/c1-2-9-19-10-11-20-17(21)16-8-7-15(23-16)12-22-14-5-3-13(18)4-6-14;/h3-8,19H,2,9-12H2,1H3,(H,20,21);1H. The third-order valence-corrected chi connectivity index (χ3v) is 3.62. The molecule has 0 spiro atoms. The Morgan fingerprint density at radius 1 is 1.12 bits per heavy atom. The molecule has 0 saturated heterocycles. The third kappa shape index (κ3) is 6.95. The Hall–Kier alpha value is -1.50. The van der Waals surface area contributed by atoms with Crippen molar-refractivity contribution in [1.29, 1.82) is 0 Å². The second-order valence-corrected chi connectivity index (χ2v) is 5.93. The summed E-state index contributed by atoms with van der Waals surface area (Å²) in [5, 5.41) is 6.03. The van der Waals surface area contributed by atoms with Gasteiger partial charge < -0.3 is 19.8 Å². The number of carbonyl (C=O) groups excluding carboxylic acids is 1. The zero-order valence-electron chi connectivity index (χ0n) is 13.5. The summed E-state index contributed by atoms with van der Waals surface area (Å²) in [6, 6.07) is 11.0. The highest BCUT2D eigenvalue weighted by Gasteiger charge is 2.10. The van der Waals surface area contributed by atoms with Gasteiger partial charge in [0, 0.05) is 17.6 Å². The zero-order chi connectivity index (χ0) is 16.5. The van der Waals surface area contributed by atoms with Crippen molar-refractivity contribution in [2.75, 3.05) is 19.6 Å². The highest BCUT2D eigenvalue weighted by molar-refractivity contribution is 9.10. The van der Waals surface area contributed by atoms with E-state index < -0.39 is 0 Å². The predicted molar refractivity (Wildman–Crippen MR) is 99.9 cm³/mol. The van der Waals surface area contributed by atoms with E-state index in [-0.39, 0.29) is 24.9 Å². The number of amides is 1. The highest BCUT2D eigenvalue weighted by atomic mass is 79.9. The molecular weight excluding hydrogens is 396 g/mol. The van der Waals surface area contributed by atoms with Crippen LogP contribution in [0.2, 0.25) is 0 Å². The average Bonchev–Trinajstić information content (AvgIpc) is 3.03. The number of ether oxygens (including phenoxy) is 1. The molecule has 2 rings (SSSR count). The van der Waals surface area contributed by atoms with Gasteiger partial charge in [0.15, 0.2) is 5.76 Å². The molecule has 24 heavy (non-hydrogen) atoms. The molecule has 7 heteroatoms. The van der Waals surface area contributed by atoms with Gasteiger partial charge in [-0.15, -0.1) is 12.4 Å². The summed E-state index contributed by atoms with van der Waals surface area (Å²) in [4.78, 5) is 11.9. The van der Waals surface area contributed by atoms with E-state index in [1.54, 1.807) is 12.1 Å². The first-order chi connectivity index (χ1) is 11.2. The van der Waals surface area contributed by atoms with Gasteiger partial charge in [0.25, 0.3) is 5.91 Å². The molecule has 2 aromatic rings. The number of hydrogen-bond acceptors (Lipinski definition) is 4. The normalized spacial score (nSPS) is 10.1. The van der Waals surface area contributed by atoms with Gasteiger partial charge in [0.1, 0.15) is 18.1 Å². The van der Waals surface area contributed by atoms with Gasteiger partial charge >= 0.3 is 0 Å². The van der Waals surface area contributed by atoms with Gasteiger partial charge in [-0.3, -0.25) is 4.79 Å². The molecule has 5 nitrogen and oxygen atoms in total. The van der Waals surface area contributed by atoms with Crippen LogP contribution in [0.15, 0.2) is 45.3 Å². The van der Waals surface area contributed by atoms with Crippen molar-refractivity contribution in [1.82, 2.24) is 10.6 Å². The van der Waals surface area contributed by atoms with Crippen molar-refractivity contribution >= 4 is 34.2 Å². The van der Waals surface area contributed by atoms with Gasteiger partial charge in [0.05, 0.1) is 0 Å². The summed E-state index contributed by atoms with van der Waals surface area (Å²) >= 11 is 3.37. The summed E-state index contributed by atoms with van der Waals surface area (Å²) in [5.74, 6) is 1.45. The second kappa shape index (κ2) is 11.1. The zero-order valence-corrected chi connectivity index (χ0v) is 15.9. The first-order valence-corrected chi connectivity index (χ1v) is 8.44. The molecule has 0 aliphatic rings. The highest BCUT2D eigenvalue weighted by Crippen LogP contribution is 2.18. The molecule has 0 radical (unpaired) electrons. The lowest BCUT2D eigenvalue weighted by molar-refractivity contribution is 0.0922. The number of nitrogens with one attached hydrogen (secondary N) is 2. The minimum Gasteiger partial charge on any atom is -0.486 e. The molecule has 1 amide bonds. The molecule has 1 aromatic carbocycles. The van der Waals surface area contributed by atoms with Crippen LogP contribution in [0.4, 0.5) is 0 Å². The van der Waals surface area contributed by atoms with Crippen LogP contribution in [0.25, 0.3) is 0 Å². The van der Waals surface area contributed by atoms with Crippen LogP contribution in [-0.2, 0) is 6.61 Å². The quantitative estimate of drug-likeness (QED) is 0.610. The SMILES string of the molecule is CCCNCCNC(=O)c1ccc(COc2ccc(Br)cc2)o1.Cl. The number of rotatable bonds is 9. The van der Waals surface area contributed by atoms with Crippen LogP contribution >= 0.6 is 28.3 Å². The molecule has 132 valence electrons. The van der Waals surface area contributed by atoms with Crippen molar-refractivity contribution in [3.05, 3.63) is 52.4 Å². The van der Waals surface area contributed by atoms with Crippen molar-refractivity contribution < 1.29 is 13.9 Å². The molecule has 0 fully saturated rings. The molecule has 0 bridgehead atoms. The van der Waals surface area contributed by atoms with Crippen LogP contribution in [0, 0.1) is 0 Å². The first kappa shape index (κ1) is 20.5. The van der Waals surface area contributed by atoms with E-state index in [0.29, 0.717) is 18.1 Å². The van der Waals surface area contributed by atoms with Crippen LogP contribution in [0.1, 0.15) is 29.7 Å². The van der Waals surface area contributed by atoms with Crippen molar-refractivity contribution in [2.24, 2.45) is 0 Å². The topological polar surface area (TPSA) is 63.5 Å². The lowest BCUT2D eigenvalue weighted by Gasteiger charge is -2.05. The van der Waals surface area contributed by atoms with Crippen molar-refractivity contribution in [2.45, 2.75) is 20.0 Å². The number of carbonyl (C=O) groups is 1. The Bertz CT molecular complexity index is 617. The molecule has 0 aliphatic carbocycles. The smallest absolute Gasteiger partial charge is 0.287 e. The Morgan fingerprint density at radius 2 is 1.88 bits per heavy atom. The Labute approximate surface area is 156 Å². The van der Waals surface area contributed by atoms with Crippen LogP contribution in [-0.4, -0.2) is 25.5 Å². The lowest BCUT2D eigenvalue weighted by Crippen LogP contribution is -2.31. The van der Waals surface area contributed by atoms with Gasteiger partial charge in [-0.05, 0) is 49.4 Å². The minimum atomic E-state index is -0.210. The third-order valence-electron chi connectivity index (χ3n) is 3.09. The number of benzene rings is 1. The maximum absolute atomic E-state index is 11.9. The molecular formula is C17H22BrClN2O3. The molecule has 0 unspecified atom stereocenters. The van der Waals surface area contributed by atoms with Gasteiger partial charge in [-0.1, -0.05) is 22.9 Å². The summed E-state index contributed by atoms with van der Waals surface area (Å²) in [5.41, 5.74) is 0. The molecule has 1 heterocycles. The van der Waals surface area contributed by atoms with E-state index in [2.05, 4.69) is 33.5 Å². The van der Waals surface area contributed by atoms with E-state index in [1.165, 1.54) is 0 Å². The second-order valence-electron chi connectivity index (χ2n) is 5.01. The Morgan fingerprint density at radius 3 is 2.58 bits per heavy atom. The maximum Gasteiger partial charge on any atom is 0.287 e. The van der Waals surface area contributed by atoms with Gasteiger partial charge in [0.2, 0.25) is 0 Å². The predicted octanol–water partition coefficient (Wildman–Crippen LogP) is 3.77. The van der Waals surface area contributed by atoms with Gasteiger partial charge in [-0.2, -0.15) is 0 Å². The Kier molecular flexibility index (Phi) is 9.52. The average molecular weight is 418 g/mol. The number of hydrogen-bond donors (Lipinski definition) is 2. The fraction of sp³-hybridized carbons (Fsp3) is 0.353. The fourth-order valence-electron chi connectivity index (χ4n) is 1.92. The number of halogens is 2. The summed E-state index contributed by atoms with van der Waals surface area (Å²) in [6.07, 6.45) is 1.08. The molecule has 1 aromatic heterocycles. The monoisotopic (exact) mass is 416 g/mol. The fourth-order valence-corrected chi connectivity index (χ4v) is 2.18. The van der Waals surface area contributed by atoms with Crippen LogP contribution in [0.3, 0.4) is 0 Å². The van der Waals surface area contributed by atoms with E-state index in [1.807, 2.05) is 24.3 Å². The van der Waals surface area contributed by atoms with Crippen LogP contribution < -0.4 is 15.4 Å². The summed E-state index contributed by atoms with van der Waals surface area (Å²) in [6.45, 7) is 4.66. The van der Waals surface area contributed by atoms with E-state index in [4.69, 9.17) is 9.15 Å². The summed E-state index contributed by atoms with van der Waals surface area (Å²) in [7, 11) is 0. The molecule has 0 saturated carbocycles. The summed E-state index contributed by atoms with van der Waals surface area (Å²) < 4.78 is 12.1. The van der Waals surface area contributed by atoms with E-state index in [0.717, 1.165) is 29.7 Å². The maximum atomic E-state index is 11.9. The van der Waals surface area contributed by atoms with Crippen molar-refractivity contribution in [3.63, 3.8) is 0 Å². The lowest BCUT2D eigenvalue weighted by atomic mass is 10.3. The molecule has 0 atom stereocenters. The minimum absolute atomic E-state index is 0. The van der Waals surface area contributed by atoms with Crippen molar-refractivity contribution in [3.8, 4) is 5.75 Å². The van der Waals surface area contributed by atoms with E-state index >= 15 is 0 Å². The largest absolute Gasteiger partial charge is 0.486 e. The molecule has 0 aliphatic heterocycles. The van der Waals surface area contributed by atoms with Gasteiger partial charge in [-0.25, -0.2) is 0 Å². The van der Waals surface area contributed by atoms with Crippen LogP contribution in [0.5, 0.6) is 5.75 Å². The molecule has 2 N–H and O–H groups in total. The number of furan rings is 1. The van der Waals surface area contributed by atoms with E-state index in [9.17, 15) is 4.79 Å².